The van der Waals surface area contributed by atoms with E-state index in [0.29, 0.717) is 18.9 Å². The smallest absolute Gasteiger partial charge is 0.358 e. The maximum atomic E-state index is 12.1. The predicted molar refractivity (Wildman–Crippen MR) is 76.8 cm³/mol. The minimum atomic E-state index is -3.74. The Morgan fingerprint density at radius 1 is 1.52 bits per heavy atom. The highest BCUT2D eigenvalue weighted by atomic mass is 32.2. The van der Waals surface area contributed by atoms with E-state index in [1.54, 1.807) is 0 Å². The van der Waals surface area contributed by atoms with E-state index in [1.807, 2.05) is 0 Å². The van der Waals surface area contributed by atoms with Gasteiger partial charge < -0.3 is 9.47 Å². The number of hydrogen-bond donors (Lipinski definition) is 1. The van der Waals surface area contributed by atoms with Crippen molar-refractivity contribution in [2.75, 3.05) is 26.9 Å². The van der Waals surface area contributed by atoms with Crippen LogP contribution in [-0.4, -0.2) is 46.2 Å². The fraction of sp³-hybridized carbons (Fsp3) is 0.667. The van der Waals surface area contributed by atoms with Gasteiger partial charge in [-0.25, -0.2) is 22.9 Å². The number of esters is 1. The van der Waals surface area contributed by atoms with Crippen LogP contribution < -0.4 is 4.72 Å². The topological polar surface area (TPSA) is 94.6 Å². The van der Waals surface area contributed by atoms with E-state index in [1.165, 1.54) is 25.5 Å². The van der Waals surface area contributed by atoms with Crippen LogP contribution in [0, 0.1) is 5.92 Å². The summed E-state index contributed by atoms with van der Waals surface area (Å²) in [6.45, 7) is 1.53. The minimum Gasteiger partial charge on any atom is -0.464 e. The third-order valence-corrected chi connectivity index (χ3v) is 5.80. The fourth-order valence-corrected chi connectivity index (χ4v) is 3.89. The third-order valence-electron chi connectivity index (χ3n) is 2.97. The van der Waals surface area contributed by atoms with E-state index in [9.17, 15) is 13.2 Å². The molecule has 1 saturated carbocycles. The number of rotatable bonds is 9. The summed E-state index contributed by atoms with van der Waals surface area (Å²) >= 11 is 0.887. The van der Waals surface area contributed by atoms with Crippen molar-refractivity contribution in [1.82, 2.24) is 9.71 Å². The summed E-state index contributed by atoms with van der Waals surface area (Å²) < 4.78 is 36.4. The quantitative estimate of drug-likeness (QED) is 0.535. The van der Waals surface area contributed by atoms with Crippen LogP contribution in [0.3, 0.4) is 0 Å². The number of nitrogens with zero attached hydrogens (tertiary/aromatic N) is 1. The van der Waals surface area contributed by atoms with E-state index >= 15 is 0 Å². The lowest BCUT2D eigenvalue weighted by atomic mass is 10.4. The van der Waals surface area contributed by atoms with Crippen LogP contribution in [0.1, 0.15) is 29.8 Å². The summed E-state index contributed by atoms with van der Waals surface area (Å²) in [7, 11) is -2.56. The summed E-state index contributed by atoms with van der Waals surface area (Å²) in [5.41, 5.74) is 1.12. The first-order valence-corrected chi connectivity index (χ1v) is 9.00. The van der Waals surface area contributed by atoms with Crippen LogP contribution in [-0.2, 0) is 19.5 Å². The highest BCUT2D eigenvalue weighted by Gasteiger charge is 2.26. The van der Waals surface area contributed by atoms with Crippen molar-refractivity contribution in [2.24, 2.45) is 5.92 Å². The van der Waals surface area contributed by atoms with Crippen molar-refractivity contribution in [3.8, 4) is 0 Å². The molecule has 0 amide bonds. The van der Waals surface area contributed by atoms with Crippen LogP contribution in [0.5, 0.6) is 0 Å². The molecule has 0 bridgehead atoms. The number of hydrogen-bond acceptors (Lipinski definition) is 7. The molecule has 1 aliphatic carbocycles. The molecule has 0 unspecified atom stereocenters. The van der Waals surface area contributed by atoms with Crippen LogP contribution >= 0.6 is 11.3 Å². The standard InChI is InChI=1S/C12H18N2O5S2/c1-18-11(15)10-12(20-8-13-10)21(16,17)14-5-2-6-19-7-9-3-4-9/h8-9,14H,2-7H2,1H3. The average molecular weight is 334 g/mol. The third kappa shape index (κ3) is 4.73. The number of nitrogens with one attached hydrogen (secondary N) is 1. The van der Waals surface area contributed by atoms with Gasteiger partial charge in [0.1, 0.15) is 0 Å². The Bertz CT molecular complexity index is 580. The van der Waals surface area contributed by atoms with Gasteiger partial charge in [-0.3, -0.25) is 0 Å². The van der Waals surface area contributed by atoms with Gasteiger partial charge in [0.15, 0.2) is 9.90 Å². The number of aromatic nitrogens is 1. The number of carbonyl (C=O) groups is 1. The molecule has 1 heterocycles. The van der Waals surface area contributed by atoms with Gasteiger partial charge in [-0.05, 0) is 25.2 Å². The van der Waals surface area contributed by atoms with Gasteiger partial charge >= 0.3 is 5.97 Å². The molecular formula is C12H18N2O5S2. The molecule has 0 aliphatic heterocycles. The predicted octanol–water partition coefficient (Wildman–Crippen LogP) is 1.02. The molecule has 2 rings (SSSR count). The average Bonchev–Trinajstić information content (AvgIpc) is 3.14. The second-order valence-corrected chi connectivity index (χ2v) is 7.57. The Kier molecular flexibility index (Phi) is 5.68. The number of ether oxygens (including phenoxy) is 2. The fourth-order valence-electron chi connectivity index (χ4n) is 1.64. The van der Waals surface area contributed by atoms with Crippen molar-refractivity contribution < 1.29 is 22.7 Å². The Hall–Kier alpha value is -1.03. The van der Waals surface area contributed by atoms with Crippen LogP contribution in [0.15, 0.2) is 9.72 Å². The Labute approximate surface area is 127 Å². The Balaban J connectivity index is 1.80. The Morgan fingerprint density at radius 2 is 2.29 bits per heavy atom. The van der Waals surface area contributed by atoms with Gasteiger partial charge in [0.25, 0.3) is 10.0 Å². The zero-order valence-corrected chi connectivity index (χ0v) is 13.3. The van der Waals surface area contributed by atoms with E-state index < -0.39 is 16.0 Å². The van der Waals surface area contributed by atoms with Gasteiger partial charge in [0.2, 0.25) is 0 Å². The number of methoxy groups -OCH3 is 1. The molecular weight excluding hydrogens is 316 g/mol. The van der Waals surface area contributed by atoms with Crippen LogP contribution in [0.4, 0.5) is 0 Å². The number of carbonyl (C=O) groups excluding carboxylic acids is 1. The van der Waals surface area contributed by atoms with Gasteiger partial charge in [-0.2, -0.15) is 0 Å². The van der Waals surface area contributed by atoms with E-state index in [-0.39, 0.29) is 16.4 Å². The molecule has 1 fully saturated rings. The summed E-state index contributed by atoms with van der Waals surface area (Å²) in [5, 5.41) is 0. The van der Waals surface area contributed by atoms with E-state index in [4.69, 9.17) is 4.74 Å². The molecule has 0 spiro atoms. The second-order valence-electron chi connectivity index (χ2n) is 4.75. The molecule has 9 heteroatoms. The highest BCUT2D eigenvalue weighted by Crippen LogP contribution is 2.28. The zero-order chi connectivity index (χ0) is 15.3. The highest BCUT2D eigenvalue weighted by molar-refractivity contribution is 7.91. The van der Waals surface area contributed by atoms with E-state index in [0.717, 1.165) is 17.9 Å². The van der Waals surface area contributed by atoms with Crippen molar-refractivity contribution in [2.45, 2.75) is 23.5 Å². The SMILES string of the molecule is COC(=O)c1ncsc1S(=O)(=O)NCCCOCC1CC1. The van der Waals surface area contributed by atoms with Crippen LogP contribution in [0.25, 0.3) is 0 Å². The van der Waals surface area contributed by atoms with Gasteiger partial charge in [0.05, 0.1) is 12.6 Å². The monoisotopic (exact) mass is 334 g/mol. The number of sulfonamides is 1. The summed E-state index contributed by atoms with van der Waals surface area (Å²) in [4.78, 5) is 15.2. The molecule has 0 radical (unpaired) electrons. The second kappa shape index (κ2) is 7.30. The van der Waals surface area contributed by atoms with E-state index in [2.05, 4.69) is 14.4 Å². The lowest BCUT2D eigenvalue weighted by molar-refractivity contribution is 0.0590. The molecule has 118 valence electrons. The lowest BCUT2D eigenvalue weighted by Crippen LogP contribution is -2.26. The van der Waals surface area contributed by atoms with Crippen molar-refractivity contribution in [1.29, 1.82) is 0 Å². The molecule has 1 aromatic heterocycles. The summed E-state index contributed by atoms with van der Waals surface area (Å²) in [5.74, 6) is -0.0640. The first kappa shape index (κ1) is 16.3. The molecule has 1 N–H and O–H groups in total. The molecule has 0 saturated heterocycles. The van der Waals surface area contributed by atoms with Gasteiger partial charge in [-0.1, -0.05) is 0 Å². The largest absolute Gasteiger partial charge is 0.464 e. The van der Waals surface area contributed by atoms with Crippen molar-refractivity contribution in [3.63, 3.8) is 0 Å². The van der Waals surface area contributed by atoms with Crippen molar-refractivity contribution >= 4 is 27.3 Å². The summed E-state index contributed by atoms with van der Waals surface area (Å²) in [6.07, 6.45) is 3.04. The molecule has 0 atom stereocenters. The summed E-state index contributed by atoms with van der Waals surface area (Å²) in [6, 6.07) is 0. The molecule has 1 aliphatic rings. The lowest BCUT2D eigenvalue weighted by Gasteiger charge is -2.06. The first-order valence-electron chi connectivity index (χ1n) is 6.64. The maximum Gasteiger partial charge on any atom is 0.358 e. The molecule has 1 aromatic rings. The van der Waals surface area contributed by atoms with Gasteiger partial charge in [0, 0.05) is 19.8 Å². The maximum absolute atomic E-state index is 12.1. The number of thiazole rings is 1. The zero-order valence-electron chi connectivity index (χ0n) is 11.7. The minimum absolute atomic E-state index is 0.117. The first-order chi connectivity index (χ1) is 10.0. The normalized spacial score (nSPS) is 15.1. The van der Waals surface area contributed by atoms with Crippen molar-refractivity contribution in [3.05, 3.63) is 11.2 Å². The van der Waals surface area contributed by atoms with Crippen LogP contribution in [0.2, 0.25) is 0 Å². The Morgan fingerprint density at radius 3 is 2.95 bits per heavy atom. The van der Waals surface area contributed by atoms with Gasteiger partial charge in [-0.15, -0.1) is 11.3 Å². The molecule has 0 aromatic carbocycles. The molecule has 21 heavy (non-hydrogen) atoms. The molecule has 7 nitrogen and oxygen atoms in total.